The highest BCUT2D eigenvalue weighted by atomic mass is 16.5. The molecule has 3 heterocycles. The van der Waals surface area contributed by atoms with Crippen molar-refractivity contribution in [3.8, 4) is 0 Å². The molecule has 0 spiro atoms. The fraction of sp³-hybridized carbons (Fsp3) is 0.462. The summed E-state index contributed by atoms with van der Waals surface area (Å²) < 4.78 is 10.5. The van der Waals surface area contributed by atoms with Gasteiger partial charge in [0.05, 0.1) is 6.10 Å². The van der Waals surface area contributed by atoms with Crippen LogP contribution in [0.2, 0.25) is 0 Å². The first-order chi connectivity index (χ1) is 9.79. The number of hydrogen-bond acceptors (Lipinski definition) is 7. The van der Waals surface area contributed by atoms with Gasteiger partial charge in [-0.25, -0.2) is 4.98 Å². The fourth-order valence-electron chi connectivity index (χ4n) is 2.08. The highest BCUT2D eigenvalue weighted by Gasteiger charge is 2.15. The van der Waals surface area contributed by atoms with Crippen LogP contribution in [0.5, 0.6) is 0 Å². The maximum Gasteiger partial charge on any atom is 0.230 e. The average Bonchev–Trinajstić information content (AvgIpc) is 3.09. The van der Waals surface area contributed by atoms with Crippen molar-refractivity contribution >= 4 is 17.6 Å². The minimum atomic E-state index is 0.277. The molecule has 7 nitrogen and oxygen atoms in total. The Morgan fingerprint density at radius 2 is 2.35 bits per heavy atom. The van der Waals surface area contributed by atoms with E-state index in [9.17, 15) is 0 Å². The number of aryl methyl sites for hydroxylation is 1. The van der Waals surface area contributed by atoms with Crippen LogP contribution in [-0.2, 0) is 4.74 Å². The summed E-state index contributed by atoms with van der Waals surface area (Å²) in [5.41, 5.74) is 0. The minimum absolute atomic E-state index is 0.277. The molecule has 7 heteroatoms. The Labute approximate surface area is 116 Å². The fourth-order valence-corrected chi connectivity index (χ4v) is 2.08. The third-order valence-corrected chi connectivity index (χ3v) is 3.06. The number of nitrogens with zero attached hydrogens (tertiary/aromatic N) is 3. The second kappa shape index (κ2) is 5.87. The van der Waals surface area contributed by atoms with Crippen molar-refractivity contribution < 1.29 is 9.26 Å². The van der Waals surface area contributed by atoms with E-state index in [2.05, 4.69) is 25.8 Å². The SMILES string of the molecule is Cc1cc(Nc2nccc(NCC3CCCO3)n2)no1. The molecule has 1 unspecified atom stereocenters. The van der Waals surface area contributed by atoms with Crippen molar-refractivity contribution in [2.24, 2.45) is 0 Å². The van der Waals surface area contributed by atoms with Crippen molar-refractivity contribution in [1.82, 2.24) is 15.1 Å². The van der Waals surface area contributed by atoms with Crippen LogP contribution in [-0.4, -0.2) is 34.4 Å². The van der Waals surface area contributed by atoms with E-state index in [0.717, 1.165) is 37.6 Å². The van der Waals surface area contributed by atoms with Gasteiger partial charge in [-0.1, -0.05) is 5.16 Å². The topological polar surface area (TPSA) is 85.1 Å². The molecule has 1 fully saturated rings. The molecule has 0 saturated carbocycles. The largest absolute Gasteiger partial charge is 0.376 e. The summed E-state index contributed by atoms with van der Waals surface area (Å²) in [6.45, 7) is 3.45. The second-order valence-electron chi connectivity index (χ2n) is 4.73. The van der Waals surface area contributed by atoms with Crippen molar-refractivity contribution in [1.29, 1.82) is 0 Å². The van der Waals surface area contributed by atoms with Gasteiger partial charge in [-0.15, -0.1) is 0 Å². The van der Waals surface area contributed by atoms with Crippen LogP contribution in [0.3, 0.4) is 0 Å². The van der Waals surface area contributed by atoms with Gasteiger partial charge in [0.2, 0.25) is 5.95 Å². The summed E-state index contributed by atoms with van der Waals surface area (Å²) in [5, 5.41) is 10.1. The molecule has 0 radical (unpaired) electrons. The highest BCUT2D eigenvalue weighted by molar-refractivity contribution is 5.49. The van der Waals surface area contributed by atoms with E-state index in [0.29, 0.717) is 11.8 Å². The van der Waals surface area contributed by atoms with E-state index in [1.807, 2.05) is 13.0 Å². The van der Waals surface area contributed by atoms with Crippen LogP contribution in [0.15, 0.2) is 22.9 Å². The molecular formula is C13H17N5O2. The first-order valence-electron chi connectivity index (χ1n) is 6.68. The summed E-state index contributed by atoms with van der Waals surface area (Å²) >= 11 is 0. The molecule has 0 aromatic carbocycles. The van der Waals surface area contributed by atoms with Gasteiger partial charge in [-0.05, 0) is 25.8 Å². The Morgan fingerprint density at radius 3 is 3.10 bits per heavy atom. The molecule has 1 saturated heterocycles. The number of rotatable bonds is 5. The average molecular weight is 275 g/mol. The number of anilines is 3. The van der Waals surface area contributed by atoms with Gasteiger partial charge in [0.25, 0.3) is 0 Å². The van der Waals surface area contributed by atoms with Gasteiger partial charge in [-0.2, -0.15) is 4.98 Å². The quantitative estimate of drug-likeness (QED) is 0.864. The van der Waals surface area contributed by atoms with E-state index in [4.69, 9.17) is 9.26 Å². The molecule has 2 aromatic rings. The number of aromatic nitrogens is 3. The molecule has 20 heavy (non-hydrogen) atoms. The summed E-state index contributed by atoms with van der Waals surface area (Å²) in [4.78, 5) is 8.52. The van der Waals surface area contributed by atoms with Gasteiger partial charge in [0, 0.05) is 25.4 Å². The van der Waals surface area contributed by atoms with E-state index in [1.165, 1.54) is 0 Å². The number of hydrogen-bond donors (Lipinski definition) is 2. The van der Waals surface area contributed by atoms with Crippen LogP contribution < -0.4 is 10.6 Å². The molecule has 0 amide bonds. The summed E-state index contributed by atoms with van der Waals surface area (Å²) in [6, 6.07) is 3.62. The first-order valence-corrected chi connectivity index (χ1v) is 6.68. The van der Waals surface area contributed by atoms with Crippen molar-refractivity contribution in [3.63, 3.8) is 0 Å². The normalized spacial score (nSPS) is 18.1. The Bertz CT molecular complexity index is 565. The van der Waals surface area contributed by atoms with Crippen LogP contribution in [0, 0.1) is 6.92 Å². The van der Waals surface area contributed by atoms with E-state index >= 15 is 0 Å². The van der Waals surface area contributed by atoms with Crippen molar-refractivity contribution in [2.45, 2.75) is 25.9 Å². The molecule has 1 aliphatic heterocycles. The molecule has 3 rings (SSSR count). The van der Waals surface area contributed by atoms with Crippen LogP contribution in [0.25, 0.3) is 0 Å². The zero-order valence-electron chi connectivity index (χ0n) is 11.3. The van der Waals surface area contributed by atoms with Crippen molar-refractivity contribution in [2.75, 3.05) is 23.8 Å². The smallest absolute Gasteiger partial charge is 0.230 e. The van der Waals surface area contributed by atoms with Crippen molar-refractivity contribution in [3.05, 3.63) is 24.1 Å². The third kappa shape index (κ3) is 3.24. The lowest BCUT2D eigenvalue weighted by Gasteiger charge is -2.11. The van der Waals surface area contributed by atoms with Crippen LogP contribution in [0.1, 0.15) is 18.6 Å². The van der Waals surface area contributed by atoms with Crippen LogP contribution in [0.4, 0.5) is 17.6 Å². The number of nitrogens with one attached hydrogen (secondary N) is 2. The lowest BCUT2D eigenvalue weighted by Crippen LogP contribution is -2.19. The highest BCUT2D eigenvalue weighted by Crippen LogP contribution is 2.15. The predicted molar refractivity (Wildman–Crippen MR) is 74.0 cm³/mol. The Morgan fingerprint density at radius 1 is 1.40 bits per heavy atom. The molecule has 2 aromatic heterocycles. The molecule has 1 aliphatic rings. The number of ether oxygens (including phenoxy) is 1. The minimum Gasteiger partial charge on any atom is -0.376 e. The Hall–Kier alpha value is -2.15. The molecule has 0 bridgehead atoms. The maximum atomic E-state index is 5.56. The molecular weight excluding hydrogens is 258 g/mol. The van der Waals surface area contributed by atoms with E-state index in [-0.39, 0.29) is 6.10 Å². The molecule has 0 aliphatic carbocycles. The standard InChI is InChI=1S/C13H17N5O2/c1-9-7-12(18-20-9)17-13-14-5-4-11(16-13)15-8-10-3-2-6-19-10/h4-5,7,10H,2-3,6,8H2,1H3,(H2,14,15,16,17,18). The monoisotopic (exact) mass is 275 g/mol. The van der Waals surface area contributed by atoms with Crippen LogP contribution >= 0.6 is 0 Å². The Kier molecular flexibility index (Phi) is 3.78. The van der Waals surface area contributed by atoms with Gasteiger partial charge >= 0.3 is 0 Å². The predicted octanol–water partition coefficient (Wildman–Crippen LogP) is 2.11. The van der Waals surface area contributed by atoms with Gasteiger partial charge in [0.15, 0.2) is 5.82 Å². The lowest BCUT2D eigenvalue weighted by atomic mass is 10.2. The zero-order chi connectivity index (χ0) is 13.8. The van der Waals surface area contributed by atoms with Gasteiger partial charge in [-0.3, -0.25) is 0 Å². The molecule has 1 atom stereocenters. The third-order valence-electron chi connectivity index (χ3n) is 3.06. The van der Waals surface area contributed by atoms with E-state index in [1.54, 1.807) is 12.3 Å². The first kappa shape index (κ1) is 12.9. The Balaban J connectivity index is 1.60. The summed E-state index contributed by atoms with van der Waals surface area (Å²) in [6.07, 6.45) is 4.20. The molecule has 2 N–H and O–H groups in total. The zero-order valence-corrected chi connectivity index (χ0v) is 11.3. The van der Waals surface area contributed by atoms with Gasteiger partial charge < -0.3 is 19.9 Å². The summed E-state index contributed by atoms with van der Waals surface area (Å²) in [7, 11) is 0. The van der Waals surface area contributed by atoms with E-state index < -0.39 is 0 Å². The maximum absolute atomic E-state index is 5.56. The van der Waals surface area contributed by atoms with Gasteiger partial charge in [0.1, 0.15) is 11.6 Å². The molecule has 106 valence electrons. The second-order valence-corrected chi connectivity index (χ2v) is 4.73. The lowest BCUT2D eigenvalue weighted by molar-refractivity contribution is 0.120. The summed E-state index contributed by atoms with van der Waals surface area (Å²) in [5.74, 6) is 2.58.